The second-order valence-electron chi connectivity index (χ2n) is 3.05. The highest BCUT2D eigenvalue weighted by atomic mass is 16.5. The molecule has 1 heterocycles. The minimum Gasteiger partial charge on any atom is -0.290 e. The third-order valence-electron chi connectivity index (χ3n) is 1.59. The fourth-order valence-electron chi connectivity index (χ4n) is 0.994. The molecule has 1 rings (SSSR count). The summed E-state index contributed by atoms with van der Waals surface area (Å²) in [6.07, 6.45) is 2.61. The Balaban J connectivity index is 3.09. The van der Waals surface area contributed by atoms with E-state index in [0.717, 1.165) is 12.0 Å². The van der Waals surface area contributed by atoms with E-state index in [1.165, 1.54) is 6.20 Å². The van der Waals surface area contributed by atoms with Crippen LogP contribution in [0.2, 0.25) is 0 Å². The van der Waals surface area contributed by atoms with E-state index in [0.29, 0.717) is 11.4 Å². The lowest BCUT2D eigenvalue weighted by atomic mass is 10.0. The van der Waals surface area contributed by atoms with Gasteiger partial charge in [-0.05, 0) is 5.92 Å². The summed E-state index contributed by atoms with van der Waals surface area (Å²) in [5.74, 6) is 0.621. The van der Waals surface area contributed by atoms with E-state index >= 15 is 0 Å². The molecule has 0 spiro atoms. The van der Waals surface area contributed by atoms with Crippen LogP contribution >= 0.6 is 0 Å². The van der Waals surface area contributed by atoms with E-state index in [4.69, 9.17) is 13.1 Å². The molecule has 0 saturated carbocycles. The van der Waals surface area contributed by atoms with Crippen LogP contribution in [-0.4, -0.2) is 29.4 Å². The van der Waals surface area contributed by atoms with E-state index in [1.54, 1.807) is 5.48 Å². The van der Waals surface area contributed by atoms with Crippen molar-refractivity contribution in [3.63, 3.8) is 0 Å². The molecule has 0 unspecified atom stereocenters. The molecular weight excluding hydrogens is 179 g/mol. The van der Waals surface area contributed by atoms with Crippen molar-refractivity contribution in [2.24, 2.45) is 4.99 Å². The van der Waals surface area contributed by atoms with E-state index in [9.17, 15) is 0 Å². The molecule has 0 bridgehead atoms. The van der Waals surface area contributed by atoms with Crippen LogP contribution in [0.3, 0.4) is 0 Å². The lowest BCUT2D eigenvalue weighted by Gasteiger charge is -2.07. The van der Waals surface area contributed by atoms with E-state index in [2.05, 4.69) is 15.0 Å². The summed E-state index contributed by atoms with van der Waals surface area (Å²) < 4.78 is 0. The van der Waals surface area contributed by atoms with Crippen molar-refractivity contribution in [2.45, 2.75) is 19.8 Å². The molecule has 0 fully saturated rings. The van der Waals surface area contributed by atoms with Gasteiger partial charge in [-0.25, -0.2) is 9.98 Å². The van der Waals surface area contributed by atoms with Crippen LogP contribution in [-0.2, 0) is 0 Å². The van der Waals surface area contributed by atoms with Crippen molar-refractivity contribution in [3.8, 4) is 0 Å². The van der Waals surface area contributed by atoms with Crippen molar-refractivity contribution in [1.29, 1.82) is 0 Å². The van der Waals surface area contributed by atoms with Gasteiger partial charge in [0.2, 0.25) is 0 Å². The fourth-order valence-corrected chi connectivity index (χ4v) is 0.994. The number of aliphatic imine (C=N–C) groups is 1. The van der Waals surface area contributed by atoms with Gasteiger partial charge in [-0.2, -0.15) is 0 Å². The van der Waals surface area contributed by atoms with Crippen LogP contribution in [0.5, 0.6) is 0 Å². The summed E-state index contributed by atoms with van der Waals surface area (Å²) in [5.41, 5.74) is 2.85. The summed E-state index contributed by atoms with van der Waals surface area (Å²) >= 11 is 0. The lowest BCUT2D eigenvalue weighted by molar-refractivity contribution is 0.240. The van der Waals surface area contributed by atoms with Gasteiger partial charge in [0.15, 0.2) is 5.82 Å². The topological polar surface area (TPSA) is 70.4 Å². The molecule has 0 atom stereocenters. The van der Waals surface area contributed by atoms with Crippen molar-refractivity contribution in [3.05, 3.63) is 11.9 Å². The van der Waals surface area contributed by atoms with Gasteiger partial charge in [0.05, 0.1) is 5.69 Å². The fraction of sp³-hybridized carbons (Fsp3) is 0.375. The van der Waals surface area contributed by atoms with E-state index in [1.807, 2.05) is 13.8 Å². The first-order valence-corrected chi connectivity index (χ1v) is 4.19. The van der Waals surface area contributed by atoms with Gasteiger partial charge in [0, 0.05) is 11.8 Å². The molecule has 1 aromatic rings. The summed E-state index contributed by atoms with van der Waals surface area (Å²) in [5, 5.41) is 8.35. The maximum Gasteiger partial charge on any atom is 0.175 e. The van der Waals surface area contributed by atoms with E-state index in [-0.39, 0.29) is 5.92 Å². The Hall–Kier alpha value is -1.43. The summed E-state index contributed by atoms with van der Waals surface area (Å²) in [6, 6.07) is 0. The number of nitrogens with one attached hydrogen (secondary N) is 1. The standard InChI is InChI=1S/C8H11BN4O/c1-5(2)7-8(11-4-12-14)13-6(9)3-10-7/h3-5,14H,1-2H3,(H,11,12,13). The Bertz CT molecular complexity index is 340. The van der Waals surface area contributed by atoms with Gasteiger partial charge < -0.3 is 0 Å². The van der Waals surface area contributed by atoms with Gasteiger partial charge >= 0.3 is 0 Å². The van der Waals surface area contributed by atoms with Crippen molar-refractivity contribution >= 4 is 25.6 Å². The molecule has 72 valence electrons. The summed E-state index contributed by atoms with van der Waals surface area (Å²) in [7, 11) is 5.47. The first-order chi connectivity index (χ1) is 6.65. The molecular formula is C8H11BN4O. The van der Waals surface area contributed by atoms with Gasteiger partial charge in [0.1, 0.15) is 14.2 Å². The van der Waals surface area contributed by atoms with Crippen molar-refractivity contribution in [2.75, 3.05) is 0 Å². The van der Waals surface area contributed by atoms with Crippen LogP contribution < -0.4 is 11.1 Å². The Morgan fingerprint density at radius 1 is 1.64 bits per heavy atom. The van der Waals surface area contributed by atoms with Crippen molar-refractivity contribution < 1.29 is 5.21 Å². The quantitative estimate of drug-likeness (QED) is 0.305. The highest BCUT2D eigenvalue weighted by Gasteiger charge is 2.08. The van der Waals surface area contributed by atoms with Crippen LogP contribution in [0.15, 0.2) is 11.2 Å². The van der Waals surface area contributed by atoms with Gasteiger partial charge in [-0.1, -0.05) is 13.8 Å². The monoisotopic (exact) mass is 190 g/mol. The van der Waals surface area contributed by atoms with Gasteiger partial charge in [0.25, 0.3) is 0 Å². The maximum absolute atomic E-state index is 8.35. The van der Waals surface area contributed by atoms with Crippen LogP contribution in [0.25, 0.3) is 0 Å². The highest BCUT2D eigenvalue weighted by Crippen LogP contribution is 2.19. The number of hydrogen-bond donors (Lipinski definition) is 2. The second kappa shape index (κ2) is 4.71. The Morgan fingerprint density at radius 2 is 2.36 bits per heavy atom. The zero-order valence-electron chi connectivity index (χ0n) is 8.10. The number of aromatic nitrogens is 2. The number of hydroxylamine groups is 1. The normalized spacial score (nSPS) is 11.1. The Kier molecular flexibility index (Phi) is 3.59. The van der Waals surface area contributed by atoms with Crippen LogP contribution in [0.1, 0.15) is 25.5 Å². The molecule has 6 heteroatoms. The number of hydrogen-bond acceptors (Lipinski definition) is 4. The first kappa shape index (κ1) is 10.7. The number of rotatable bonds is 3. The van der Waals surface area contributed by atoms with Gasteiger partial charge in [-0.15, -0.1) is 0 Å². The molecule has 2 radical (unpaired) electrons. The Labute approximate surface area is 83.7 Å². The van der Waals surface area contributed by atoms with E-state index < -0.39 is 0 Å². The van der Waals surface area contributed by atoms with Crippen molar-refractivity contribution in [1.82, 2.24) is 15.4 Å². The molecule has 0 saturated heterocycles. The second-order valence-corrected chi connectivity index (χ2v) is 3.05. The highest BCUT2D eigenvalue weighted by molar-refractivity contribution is 6.30. The average molecular weight is 190 g/mol. The molecule has 2 N–H and O–H groups in total. The minimum atomic E-state index is 0.203. The van der Waals surface area contributed by atoms with Crippen LogP contribution in [0.4, 0.5) is 5.82 Å². The predicted octanol–water partition coefficient (Wildman–Crippen LogP) is 0.0324. The lowest BCUT2D eigenvalue weighted by Crippen LogP contribution is -2.12. The zero-order chi connectivity index (χ0) is 10.6. The maximum atomic E-state index is 8.35. The Morgan fingerprint density at radius 3 is 2.93 bits per heavy atom. The molecule has 0 aliphatic carbocycles. The largest absolute Gasteiger partial charge is 0.290 e. The summed E-state index contributed by atoms with van der Waals surface area (Å²) in [4.78, 5) is 12.0. The summed E-state index contributed by atoms with van der Waals surface area (Å²) in [6.45, 7) is 3.96. The minimum absolute atomic E-state index is 0.203. The molecule has 14 heavy (non-hydrogen) atoms. The SMILES string of the molecule is [B]c1cnc(C(C)C)c(N=CNO)n1. The number of nitrogens with zero attached hydrogens (tertiary/aromatic N) is 3. The molecule has 1 aromatic heterocycles. The smallest absolute Gasteiger partial charge is 0.175 e. The first-order valence-electron chi connectivity index (χ1n) is 4.19. The third-order valence-corrected chi connectivity index (χ3v) is 1.59. The third kappa shape index (κ3) is 2.53. The van der Waals surface area contributed by atoms with Gasteiger partial charge in [-0.3, -0.25) is 15.7 Å². The molecule has 0 amide bonds. The predicted molar refractivity (Wildman–Crippen MR) is 54.6 cm³/mol. The zero-order valence-corrected chi connectivity index (χ0v) is 8.10. The molecule has 0 aliphatic heterocycles. The van der Waals surface area contributed by atoms with Crippen LogP contribution in [0, 0.1) is 0 Å². The molecule has 0 aliphatic rings. The molecule has 5 nitrogen and oxygen atoms in total. The average Bonchev–Trinajstić information content (AvgIpc) is 2.14. The molecule has 0 aromatic carbocycles.